The second-order valence-electron chi connectivity index (χ2n) is 4.84. The van der Waals surface area contributed by atoms with Gasteiger partial charge >= 0.3 is 6.36 Å². The topological polar surface area (TPSA) is 81.4 Å². The van der Waals surface area contributed by atoms with Crippen molar-refractivity contribution in [2.24, 2.45) is 5.73 Å². The highest BCUT2D eigenvalue weighted by Crippen LogP contribution is 2.24. The van der Waals surface area contributed by atoms with E-state index < -0.39 is 28.2 Å². The predicted molar refractivity (Wildman–Crippen MR) is 81.7 cm³/mol. The monoisotopic (exact) mass is 360 g/mol. The first-order valence-electron chi connectivity index (χ1n) is 6.84. The van der Waals surface area contributed by atoms with Crippen LogP contribution < -0.4 is 15.2 Å². The van der Waals surface area contributed by atoms with Gasteiger partial charge in [-0.25, -0.2) is 13.1 Å². The Bertz CT molecular complexity index is 763. The summed E-state index contributed by atoms with van der Waals surface area (Å²) < 4.78 is 67.2. The first-order chi connectivity index (χ1) is 11.2. The first-order valence-corrected chi connectivity index (χ1v) is 8.33. The summed E-state index contributed by atoms with van der Waals surface area (Å²) in [5.41, 5.74) is 6.29. The van der Waals surface area contributed by atoms with E-state index >= 15 is 0 Å². The summed E-state index contributed by atoms with van der Waals surface area (Å²) in [6.45, 7) is 0.0263. The van der Waals surface area contributed by atoms with E-state index in [9.17, 15) is 21.6 Å². The molecule has 130 valence electrons. The summed E-state index contributed by atoms with van der Waals surface area (Å²) in [4.78, 5) is -0.189. The molecule has 2 rings (SSSR count). The van der Waals surface area contributed by atoms with Gasteiger partial charge in [0.2, 0.25) is 10.0 Å². The van der Waals surface area contributed by atoms with Gasteiger partial charge in [-0.15, -0.1) is 13.2 Å². The molecule has 0 radical (unpaired) electrons. The normalized spacial score (nSPS) is 13.5. The lowest BCUT2D eigenvalue weighted by Crippen LogP contribution is -2.33. The van der Waals surface area contributed by atoms with E-state index in [1.807, 2.05) is 0 Å². The highest BCUT2D eigenvalue weighted by atomic mass is 32.2. The minimum Gasteiger partial charge on any atom is -0.406 e. The van der Waals surface area contributed by atoms with Crippen LogP contribution in [0.25, 0.3) is 0 Å². The van der Waals surface area contributed by atoms with Gasteiger partial charge in [0.15, 0.2) is 0 Å². The number of hydrogen-bond donors (Lipinski definition) is 2. The maximum Gasteiger partial charge on any atom is 0.573 e. The van der Waals surface area contributed by atoms with Gasteiger partial charge in [-0.2, -0.15) is 0 Å². The fourth-order valence-corrected chi connectivity index (χ4v) is 3.25. The van der Waals surface area contributed by atoms with Crippen molar-refractivity contribution >= 4 is 10.0 Å². The molecule has 0 aliphatic carbocycles. The standard InChI is InChI=1S/C15H15F3N2O3S/c16-15(17,18)23-12-6-8-13(9-7-12)24(21,22)20-14(10-19)11-4-2-1-3-5-11/h1-9,14,20H,10,19H2/t14-/m1/s1. The second-order valence-corrected chi connectivity index (χ2v) is 6.55. The summed E-state index contributed by atoms with van der Waals surface area (Å²) in [7, 11) is -3.95. The molecule has 1 atom stereocenters. The van der Waals surface area contributed by atoms with Crippen molar-refractivity contribution in [1.29, 1.82) is 0 Å². The summed E-state index contributed by atoms with van der Waals surface area (Å²) >= 11 is 0. The molecule has 9 heteroatoms. The number of ether oxygens (including phenoxy) is 1. The van der Waals surface area contributed by atoms with E-state index in [2.05, 4.69) is 9.46 Å². The number of hydrogen-bond acceptors (Lipinski definition) is 4. The summed E-state index contributed by atoms with van der Waals surface area (Å²) in [5, 5.41) is 0. The van der Waals surface area contributed by atoms with Gasteiger partial charge in [0.25, 0.3) is 0 Å². The summed E-state index contributed by atoms with van der Waals surface area (Å²) in [6.07, 6.45) is -4.84. The molecule has 0 aliphatic rings. The average molecular weight is 360 g/mol. The number of sulfonamides is 1. The first kappa shape index (κ1) is 18.2. The van der Waals surface area contributed by atoms with Crippen molar-refractivity contribution in [1.82, 2.24) is 4.72 Å². The zero-order chi connectivity index (χ0) is 17.8. The van der Waals surface area contributed by atoms with Crippen molar-refractivity contribution in [3.63, 3.8) is 0 Å². The second kappa shape index (κ2) is 7.20. The van der Waals surface area contributed by atoms with E-state index in [4.69, 9.17) is 5.73 Å². The molecule has 0 unspecified atom stereocenters. The Hall–Kier alpha value is -2.10. The Morgan fingerprint density at radius 3 is 2.12 bits per heavy atom. The van der Waals surface area contributed by atoms with Crippen molar-refractivity contribution < 1.29 is 26.3 Å². The molecule has 0 bridgehead atoms. The largest absolute Gasteiger partial charge is 0.573 e. The zero-order valence-electron chi connectivity index (χ0n) is 12.3. The van der Waals surface area contributed by atoms with E-state index in [1.165, 1.54) is 0 Å². The van der Waals surface area contributed by atoms with Gasteiger partial charge in [0.1, 0.15) is 5.75 Å². The molecule has 0 aromatic heterocycles. The smallest absolute Gasteiger partial charge is 0.406 e. The Labute approximate surface area is 137 Å². The van der Waals surface area contributed by atoms with Crippen molar-refractivity contribution in [2.45, 2.75) is 17.3 Å². The molecule has 0 spiro atoms. The van der Waals surface area contributed by atoms with Gasteiger partial charge in [-0.05, 0) is 29.8 Å². The highest BCUT2D eigenvalue weighted by Gasteiger charge is 2.31. The third-order valence-corrected chi connectivity index (χ3v) is 4.59. The highest BCUT2D eigenvalue weighted by molar-refractivity contribution is 7.89. The Balaban J connectivity index is 2.17. The van der Waals surface area contributed by atoms with Gasteiger partial charge in [0, 0.05) is 6.54 Å². The third-order valence-electron chi connectivity index (χ3n) is 3.10. The number of benzene rings is 2. The molecule has 0 fully saturated rings. The Morgan fingerprint density at radius 1 is 1.04 bits per heavy atom. The van der Waals surface area contributed by atoms with Gasteiger partial charge in [0.05, 0.1) is 10.9 Å². The summed E-state index contributed by atoms with van der Waals surface area (Å²) in [6, 6.07) is 12.0. The van der Waals surface area contributed by atoms with Gasteiger partial charge < -0.3 is 10.5 Å². The molecular weight excluding hydrogens is 345 g/mol. The SMILES string of the molecule is NC[C@@H](NS(=O)(=O)c1ccc(OC(F)(F)F)cc1)c1ccccc1. The predicted octanol–water partition coefficient (Wildman–Crippen LogP) is 2.56. The molecule has 24 heavy (non-hydrogen) atoms. The van der Waals surface area contributed by atoms with E-state index in [0.29, 0.717) is 5.56 Å². The molecular formula is C15H15F3N2O3S. The lowest BCUT2D eigenvalue weighted by atomic mass is 10.1. The van der Waals surface area contributed by atoms with Crippen LogP contribution in [0, 0.1) is 0 Å². The average Bonchev–Trinajstić information content (AvgIpc) is 2.52. The van der Waals surface area contributed by atoms with Crippen LogP contribution in [0.2, 0.25) is 0 Å². The molecule has 5 nitrogen and oxygen atoms in total. The van der Waals surface area contributed by atoms with E-state index in [1.54, 1.807) is 30.3 Å². The summed E-state index contributed by atoms with van der Waals surface area (Å²) in [5.74, 6) is -0.500. The van der Waals surface area contributed by atoms with Crippen LogP contribution in [0.1, 0.15) is 11.6 Å². The van der Waals surface area contributed by atoms with Gasteiger partial charge in [-0.1, -0.05) is 30.3 Å². The maximum absolute atomic E-state index is 12.3. The lowest BCUT2D eigenvalue weighted by Gasteiger charge is -2.17. The number of nitrogens with two attached hydrogens (primary N) is 1. The lowest BCUT2D eigenvalue weighted by molar-refractivity contribution is -0.274. The number of alkyl halides is 3. The quantitative estimate of drug-likeness (QED) is 0.830. The van der Waals surface area contributed by atoms with Crippen LogP contribution >= 0.6 is 0 Å². The molecule has 2 aromatic rings. The van der Waals surface area contributed by atoms with E-state index in [-0.39, 0.29) is 11.4 Å². The fraction of sp³-hybridized carbons (Fsp3) is 0.200. The number of rotatable bonds is 6. The van der Waals surface area contributed by atoms with Crippen LogP contribution in [-0.2, 0) is 10.0 Å². The minimum absolute atomic E-state index is 0.0263. The van der Waals surface area contributed by atoms with Crippen LogP contribution in [-0.4, -0.2) is 21.3 Å². The molecule has 0 saturated carbocycles. The van der Waals surface area contributed by atoms with Crippen molar-refractivity contribution in [2.75, 3.05) is 6.54 Å². The van der Waals surface area contributed by atoms with Crippen LogP contribution in [0.4, 0.5) is 13.2 Å². The van der Waals surface area contributed by atoms with Gasteiger partial charge in [-0.3, -0.25) is 0 Å². The van der Waals surface area contributed by atoms with Crippen LogP contribution in [0.5, 0.6) is 5.75 Å². The molecule has 3 N–H and O–H groups in total. The zero-order valence-corrected chi connectivity index (χ0v) is 13.1. The molecule has 0 amide bonds. The molecule has 0 heterocycles. The van der Waals surface area contributed by atoms with Crippen molar-refractivity contribution in [3.8, 4) is 5.75 Å². The Kier molecular flexibility index (Phi) is 5.47. The van der Waals surface area contributed by atoms with Crippen molar-refractivity contribution in [3.05, 3.63) is 60.2 Å². The molecule has 0 aliphatic heterocycles. The maximum atomic E-state index is 12.3. The van der Waals surface area contributed by atoms with Crippen LogP contribution in [0.15, 0.2) is 59.5 Å². The van der Waals surface area contributed by atoms with Crippen LogP contribution in [0.3, 0.4) is 0 Å². The fourth-order valence-electron chi connectivity index (χ4n) is 2.01. The van der Waals surface area contributed by atoms with E-state index in [0.717, 1.165) is 24.3 Å². The minimum atomic E-state index is -4.84. The Morgan fingerprint density at radius 2 is 1.62 bits per heavy atom. The number of halogens is 3. The molecule has 2 aromatic carbocycles. The molecule has 0 saturated heterocycles. The third kappa shape index (κ3) is 4.95. The number of nitrogens with one attached hydrogen (secondary N) is 1.